The SMILES string of the molecule is COc1ccc(C(NC(=O)NCC(c2cccc(OC)c2)N(C)C)C2CC2)cc1. The number of amides is 2. The molecule has 0 heterocycles. The lowest BCUT2D eigenvalue weighted by atomic mass is 10.0. The van der Waals surface area contributed by atoms with Crippen molar-refractivity contribution >= 4 is 6.03 Å². The fourth-order valence-electron chi connectivity index (χ4n) is 3.54. The van der Waals surface area contributed by atoms with Gasteiger partial charge in [0.1, 0.15) is 11.5 Å². The molecule has 0 saturated heterocycles. The summed E-state index contributed by atoms with van der Waals surface area (Å²) < 4.78 is 10.6. The van der Waals surface area contributed by atoms with Crippen molar-refractivity contribution in [1.82, 2.24) is 15.5 Å². The van der Waals surface area contributed by atoms with Crippen LogP contribution in [0.15, 0.2) is 48.5 Å². The molecule has 6 nitrogen and oxygen atoms in total. The van der Waals surface area contributed by atoms with Crippen LogP contribution in [0, 0.1) is 5.92 Å². The molecule has 1 fully saturated rings. The molecule has 0 aromatic heterocycles. The van der Waals surface area contributed by atoms with Crippen LogP contribution in [-0.2, 0) is 0 Å². The molecule has 156 valence electrons. The Morgan fingerprint density at radius 1 is 1.03 bits per heavy atom. The Morgan fingerprint density at radius 3 is 2.31 bits per heavy atom. The summed E-state index contributed by atoms with van der Waals surface area (Å²) in [6.07, 6.45) is 2.28. The Kier molecular flexibility index (Phi) is 6.99. The van der Waals surface area contributed by atoms with Crippen LogP contribution in [0.4, 0.5) is 4.79 Å². The third-order valence-corrected chi connectivity index (χ3v) is 5.41. The van der Waals surface area contributed by atoms with Crippen molar-refractivity contribution in [3.8, 4) is 11.5 Å². The maximum Gasteiger partial charge on any atom is 0.315 e. The van der Waals surface area contributed by atoms with Crippen molar-refractivity contribution in [2.45, 2.75) is 24.9 Å². The normalized spacial score (nSPS) is 15.5. The Morgan fingerprint density at radius 2 is 1.72 bits per heavy atom. The second kappa shape index (κ2) is 9.65. The number of hydrogen-bond acceptors (Lipinski definition) is 4. The van der Waals surface area contributed by atoms with Crippen molar-refractivity contribution in [3.05, 3.63) is 59.7 Å². The molecule has 29 heavy (non-hydrogen) atoms. The summed E-state index contributed by atoms with van der Waals surface area (Å²) in [5.41, 5.74) is 2.21. The van der Waals surface area contributed by atoms with Gasteiger partial charge in [0.15, 0.2) is 0 Å². The smallest absolute Gasteiger partial charge is 0.315 e. The first kappa shape index (κ1) is 21.0. The van der Waals surface area contributed by atoms with E-state index in [-0.39, 0.29) is 18.1 Å². The summed E-state index contributed by atoms with van der Waals surface area (Å²) in [5, 5.41) is 6.22. The monoisotopic (exact) mass is 397 g/mol. The van der Waals surface area contributed by atoms with E-state index in [1.807, 2.05) is 56.6 Å². The number of rotatable bonds is 9. The Bertz CT molecular complexity index is 803. The number of methoxy groups -OCH3 is 2. The summed E-state index contributed by atoms with van der Waals surface area (Å²) in [4.78, 5) is 14.8. The zero-order valence-corrected chi connectivity index (χ0v) is 17.6. The van der Waals surface area contributed by atoms with Gasteiger partial charge in [-0.25, -0.2) is 4.79 Å². The van der Waals surface area contributed by atoms with Gasteiger partial charge in [-0.1, -0.05) is 24.3 Å². The average molecular weight is 398 g/mol. The minimum absolute atomic E-state index is 0.0236. The summed E-state index contributed by atoms with van der Waals surface area (Å²) in [6.45, 7) is 0.506. The number of benzene rings is 2. The Hall–Kier alpha value is -2.73. The first-order chi connectivity index (χ1) is 14.0. The van der Waals surface area contributed by atoms with Crippen LogP contribution < -0.4 is 20.1 Å². The summed E-state index contributed by atoms with van der Waals surface area (Å²) in [6, 6.07) is 15.8. The zero-order chi connectivity index (χ0) is 20.8. The average Bonchev–Trinajstić information content (AvgIpc) is 3.57. The molecule has 1 saturated carbocycles. The van der Waals surface area contributed by atoms with E-state index in [1.165, 1.54) is 0 Å². The van der Waals surface area contributed by atoms with Crippen molar-refractivity contribution in [3.63, 3.8) is 0 Å². The maximum atomic E-state index is 12.7. The minimum atomic E-state index is -0.146. The summed E-state index contributed by atoms with van der Waals surface area (Å²) in [5.74, 6) is 2.13. The van der Waals surface area contributed by atoms with Gasteiger partial charge < -0.3 is 25.0 Å². The van der Waals surface area contributed by atoms with E-state index in [4.69, 9.17) is 9.47 Å². The highest BCUT2D eigenvalue weighted by Gasteiger charge is 2.33. The van der Waals surface area contributed by atoms with Gasteiger partial charge in [-0.2, -0.15) is 0 Å². The molecule has 2 N–H and O–H groups in total. The van der Waals surface area contributed by atoms with E-state index in [2.05, 4.69) is 21.6 Å². The van der Waals surface area contributed by atoms with Crippen molar-refractivity contribution < 1.29 is 14.3 Å². The molecule has 0 spiro atoms. The number of ether oxygens (including phenoxy) is 2. The van der Waals surface area contributed by atoms with Gasteiger partial charge in [-0.3, -0.25) is 0 Å². The maximum absolute atomic E-state index is 12.7. The molecule has 1 aliphatic rings. The van der Waals surface area contributed by atoms with E-state index in [0.717, 1.165) is 35.5 Å². The summed E-state index contributed by atoms with van der Waals surface area (Å²) >= 11 is 0. The highest BCUT2D eigenvalue weighted by atomic mass is 16.5. The molecule has 2 unspecified atom stereocenters. The molecule has 0 aliphatic heterocycles. The van der Waals surface area contributed by atoms with Gasteiger partial charge >= 0.3 is 6.03 Å². The lowest BCUT2D eigenvalue weighted by Gasteiger charge is -2.26. The number of carbonyl (C=O) groups excluding carboxylic acids is 1. The van der Waals surface area contributed by atoms with Gasteiger partial charge in [-0.15, -0.1) is 0 Å². The number of nitrogens with one attached hydrogen (secondary N) is 2. The molecule has 0 radical (unpaired) electrons. The van der Waals surface area contributed by atoms with Crippen molar-refractivity contribution in [2.24, 2.45) is 5.92 Å². The van der Waals surface area contributed by atoms with Crippen LogP contribution in [-0.4, -0.2) is 45.8 Å². The van der Waals surface area contributed by atoms with Crippen LogP contribution in [0.25, 0.3) is 0 Å². The second-order valence-electron chi connectivity index (χ2n) is 7.70. The topological polar surface area (TPSA) is 62.8 Å². The van der Waals surface area contributed by atoms with Gasteiger partial charge in [0.2, 0.25) is 0 Å². The van der Waals surface area contributed by atoms with Crippen LogP contribution in [0.2, 0.25) is 0 Å². The molecule has 2 atom stereocenters. The zero-order valence-electron chi connectivity index (χ0n) is 17.6. The van der Waals surface area contributed by atoms with Gasteiger partial charge in [0.25, 0.3) is 0 Å². The summed E-state index contributed by atoms with van der Waals surface area (Å²) in [7, 11) is 7.33. The van der Waals surface area contributed by atoms with Crippen molar-refractivity contribution in [2.75, 3.05) is 34.9 Å². The molecule has 2 amide bonds. The van der Waals surface area contributed by atoms with Crippen LogP contribution in [0.5, 0.6) is 11.5 Å². The first-order valence-corrected chi connectivity index (χ1v) is 10.0. The number of urea groups is 1. The van der Waals surface area contributed by atoms with Gasteiger partial charge in [0, 0.05) is 6.54 Å². The van der Waals surface area contributed by atoms with Crippen molar-refractivity contribution in [1.29, 1.82) is 0 Å². The van der Waals surface area contributed by atoms with E-state index < -0.39 is 0 Å². The number of likely N-dealkylation sites (N-methyl/N-ethyl adjacent to an activating group) is 1. The highest BCUT2D eigenvalue weighted by molar-refractivity contribution is 5.74. The van der Waals surface area contributed by atoms with E-state index >= 15 is 0 Å². The number of nitrogens with zero attached hydrogens (tertiary/aromatic N) is 1. The molecule has 2 aromatic carbocycles. The van der Waals surface area contributed by atoms with Gasteiger partial charge in [-0.05, 0) is 68.2 Å². The van der Waals surface area contributed by atoms with Gasteiger partial charge in [0.05, 0.1) is 26.3 Å². The van der Waals surface area contributed by atoms with Crippen LogP contribution in [0.1, 0.15) is 36.1 Å². The Balaban J connectivity index is 1.62. The predicted octanol–water partition coefficient (Wildman–Crippen LogP) is 3.76. The molecule has 6 heteroatoms. The first-order valence-electron chi connectivity index (χ1n) is 10.0. The lowest BCUT2D eigenvalue weighted by molar-refractivity contribution is 0.227. The van der Waals surface area contributed by atoms with Crippen LogP contribution >= 0.6 is 0 Å². The molecule has 3 rings (SSSR count). The van der Waals surface area contributed by atoms with Crippen LogP contribution in [0.3, 0.4) is 0 Å². The molecule has 1 aliphatic carbocycles. The fraction of sp³-hybridized carbons (Fsp3) is 0.435. The van der Waals surface area contributed by atoms with E-state index in [0.29, 0.717) is 12.5 Å². The molecular weight excluding hydrogens is 366 g/mol. The molecular formula is C23H31N3O3. The standard InChI is InChI=1S/C23H31N3O3/c1-26(2)21(18-6-5-7-20(14-18)29-4)15-24-23(27)25-22(16-8-9-16)17-10-12-19(28-3)13-11-17/h5-7,10-14,16,21-22H,8-9,15H2,1-4H3,(H2,24,25,27). The van der Waals surface area contributed by atoms with E-state index in [9.17, 15) is 4.79 Å². The molecule has 0 bridgehead atoms. The predicted molar refractivity (Wildman–Crippen MR) is 114 cm³/mol. The Labute approximate surface area is 173 Å². The lowest BCUT2D eigenvalue weighted by Crippen LogP contribution is -2.42. The quantitative estimate of drug-likeness (QED) is 0.676. The number of carbonyl (C=O) groups is 1. The second-order valence-corrected chi connectivity index (χ2v) is 7.70. The van der Waals surface area contributed by atoms with E-state index in [1.54, 1.807) is 14.2 Å². The largest absolute Gasteiger partial charge is 0.497 e. The molecule has 2 aromatic rings. The third kappa shape index (κ3) is 5.64. The third-order valence-electron chi connectivity index (χ3n) is 5.41. The fourth-order valence-corrected chi connectivity index (χ4v) is 3.54. The number of hydrogen-bond donors (Lipinski definition) is 2. The highest BCUT2D eigenvalue weighted by Crippen LogP contribution is 2.41. The minimum Gasteiger partial charge on any atom is -0.497 e.